The van der Waals surface area contributed by atoms with Crippen molar-refractivity contribution in [2.75, 3.05) is 4.72 Å². The molecule has 0 aliphatic rings. The first-order chi connectivity index (χ1) is 8.88. The summed E-state index contributed by atoms with van der Waals surface area (Å²) in [7, 11) is -3.61. The maximum atomic E-state index is 12.2. The molecule has 2 aromatic rings. The van der Waals surface area contributed by atoms with Gasteiger partial charge in [0.05, 0.1) is 4.90 Å². The Kier molecular flexibility index (Phi) is 3.91. The molecule has 0 amide bonds. The van der Waals surface area contributed by atoms with Gasteiger partial charge >= 0.3 is 0 Å². The molecule has 2 rings (SSSR count). The summed E-state index contributed by atoms with van der Waals surface area (Å²) in [4.78, 5) is 4.32. The third kappa shape index (κ3) is 3.33. The van der Waals surface area contributed by atoms with Gasteiger partial charge in [0, 0.05) is 10.2 Å². The van der Waals surface area contributed by atoms with E-state index in [1.54, 1.807) is 43.3 Å². The average Bonchev–Trinajstić information content (AvgIpc) is 2.32. The third-order valence-corrected chi connectivity index (χ3v) is 4.79. The summed E-state index contributed by atoms with van der Waals surface area (Å²) in [6.45, 7) is 3.70. The molecule has 0 radical (unpaired) electrons. The molecule has 100 valence electrons. The van der Waals surface area contributed by atoms with E-state index in [0.29, 0.717) is 5.82 Å². The minimum Gasteiger partial charge on any atom is -0.263 e. The van der Waals surface area contributed by atoms with Crippen LogP contribution in [0.1, 0.15) is 11.3 Å². The van der Waals surface area contributed by atoms with Crippen LogP contribution in [0.15, 0.2) is 45.8 Å². The van der Waals surface area contributed by atoms with Crippen LogP contribution in [0.2, 0.25) is 0 Å². The molecule has 0 saturated carbocycles. The number of aromatic nitrogens is 1. The minimum absolute atomic E-state index is 0.202. The van der Waals surface area contributed by atoms with Crippen molar-refractivity contribution in [2.45, 2.75) is 18.7 Å². The number of hydrogen-bond acceptors (Lipinski definition) is 3. The highest BCUT2D eigenvalue weighted by Crippen LogP contribution is 2.22. The number of hydrogen-bond donors (Lipinski definition) is 1. The van der Waals surface area contributed by atoms with Gasteiger partial charge in [-0.05, 0) is 43.7 Å². The van der Waals surface area contributed by atoms with Crippen LogP contribution in [0.3, 0.4) is 0 Å². The monoisotopic (exact) mass is 340 g/mol. The van der Waals surface area contributed by atoms with E-state index in [2.05, 4.69) is 25.6 Å². The Morgan fingerprint density at radius 1 is 1.16 bits per heavy atom. The standard InChI is InChI=1S/C13H13BrN2O2S/c1-9-6-7-11(8-12(9)14)19(17,18)16-13-5-3-4-10(2)15-13/h3-8H,1-2H3,(H,15,16). The molecular weight excluding hydrogens is 328 g/mol. The number of anilines is 1. The Morgan fingerprint density at radius 3 is 2.53 bits per heavy atom. The summed E-state index contributed by atoms with van der Waals surface area (Å²) in [6.07, 6.45) is 0. The van der Waals surface area contributed by atoms with Crippen LogP contribution in [-0.2, 0) is 10.0 Å². The van der Waals surface area contributed by atoms with Crippen LogP contribution in [0.25, 0.3) is 0 Å². The molecule has 0 fully saturated rings. The summed E-state index contributed by atoms with van der Waals surface area (Å²) in [5.41, 5.74) is 1.73. The second-order valence-corrected chi connectivity index (χ2v) is 6.72. The third-order valence-electron chi connectivity index (χ3n) is 2.58. The van der Waals surface area contributed by atoms with Gasteiger partial charge in [0.15, 0.2) is 0 Å². The summed E-state index contributed by atoms with van der Waals surface area (Å²) in [5.74, 6) is 0.316. The van der Waals surface area contributed by atoms with E-state index < -0.39 is 10.0 Å². The number of rotatable bonds is 3. The van der Waals surface area contributed by atoms with E-state index in [9.17, 15) is 8.42 Å². The summed E-state index contributed by atoms with van der Waals surface area (Å²) < 4.78 is 27.6. The molecule has 1 N–H and O–H groups in total. The Bertz CT molecular complexity index is 714. The lowest BCUT2D eigenvalue weighted by molar-refractivity contribution is 0.601. The zero-order chi connectivity index (χ0) is 14.0. The molecule has 1 aromatic carbocycles. The fourth-order valence-electron chi connectivity index (χ4n) is 1.54. The highest BCUT2D eigenvalue weighted by Gasteiger charge is 2.15. The second kappa shape index (κ2) is 5.30. The molecule has 6 heteroatoms. The highest BCUT2D eigenvalue weighted by molar-refractivity contribution is 9.10. The Morgan fingerprint density at radius 2 is 1.89 bits per heavy atom. The van der Waals surface area contributed by atoms with Gasteiger partial charge in [0.1, 0.15) is 5.82 Å². The van der Waals surface area contributed by atoms with Crippen molar-refractivity contribution >= 4 is 31.8 Å². The number of nitrogens with one attached hydrogen (secondary N) is 1. The van der Waals surface area contributed by atoms with Crippen molar-refractivity contribution in [3.05, 3.63) is 52.1 Å². The topological polar surface area (TPSA) is 59.1 Å². The van der Waals surface area contributed by atoms with E-state index in [-0.39, 0.29) is 4.90 Å². The van der Waals surface area contributed by atoms with Crippen LogP contribution < -0.4 is 4.72 Å². The normalized spacial score (nSPS) is 11.3. The molecule has 0 unspecified atom stereocenters. The van der Waals surface area contributed by atoms with E-state index in [0.717, 1.165) is 15.7 Å². The average molecular weight is 341 g/mol. The van der Waals surface area contributed by atoms with Crippen molar-refractivity contribution in [1.29, 1.82) is 0 Å². The number of aryl methyl sites for hydroxylation is 2. The molecular formula is C13H13BrN2O2S. The van der Waals surface area contributed by atoms with Gasteiger partial charge in [-0.15, -0.1) is 0 Å². The van der Waals surface area contributed by atoms with Crippen molar-refractivity contribution in [1.82, 2.24) is 4.98 Å². The van der Waals surface area contributed by atoms with Crippen molar-refractivity contribution in [3.8, 4) is 0 Å². The molecule has 1 heterocycles. The predicted octanol–water partition coefficient (Wildman–Crippen LogP) is 3.26. The quantitative estimate of drug-likeness (QED) is 0.932. The molecule has 0 saturated heterocycles. The lowest BCUT2D eigenvalue weighted by Crippen LogP contribution is -2.14. The predicted molar refractivity (Wildman–Crippen MR) is 78.7 cm³/mol. The Hall–Kier alpha value is -1.40. The first-order valence-electron chi connectivity index (χ1n) is 5.61. The van der Waals surface area contributed by atoms with Gasteiger partial charge < -0.3 is 0 Å². The largest absolute Gasteiger partial charge is 0.263 e. The Labute approximate surface area is 121 Å². The fourth-order valence-corrected chi connectivity index (χ4v) is 3.09. The first kappa shape index (κ1) is 14.0. The first-order valence-corrected chi connectivity index (χ1v) is 7.89. The molecule has 0 atom stereocenters. The second-order valence-electron chi connectivity index (χ2n) is 4.18. The molecule has 0 aliphatic heterocycles. The number of nitrogens with zero attached hydrogens (tertiary/aromatic N) is 1. The van der Waals surface area contributed by atoms with Crippen LogP contribution in [0.4, 0.5) is 5.82 Å². The molecule has 0 bridgehead atoms. The van der Waals surface area contributed by atoms with Crippen molar-refractivity contribution in [2.24, 2.45) is 0 Å². The molecule has 4 nitrogen and oxygen atoms in total. The van der Waals surface area contributed by atoms with Crippen LogP contribution in [0, 0.1) is 13.8 Å². The number of halogens is 1. The van der Waals surface area contributed by atoms with Gasteiger partial charge in [-0.25, -0.2) is 13.4 Å². The molecule has 1 aromatic heterocycles. The number of sulfonamides is 1. The van der Waals surface area contributed by atoms with Gasteiger partial charge in [0.25, 0.3) is 10.0 Å². The fraction of sp³-hybridized carbons (Fsp3) is 0.154. The molecule has 0 spiro atoms. The zero-order valence-corrected chi connectivity index (χ0v) is 12.9. The van der Waals surface area contributed by atoms with Crippen LogP contribution >= 0.6 is 15.9 Å². The van der Waals surface area contributed by atoms with Crippen molar-refractivity contribution in [3.63, 3.8) is 0 Å². The zero-order valence-electron chi connectivity index (χ0n) is 10.5. The summed E-state index contributed by atoms with van der Waals surface area (Å²) in [6, 6.07) is 10.1. The number of pyridine rings is 1. The number of benzene rings is 1. The lowest BCUT2D eigenvalue weighted by atomic mass is 10.2. The lowest BCUT2D eigenvalue weighted by Gasteiger charge is -2.09. The molecule has 19 heavy (non-hydrogen) atoms. The van der Waals surface area contributed by atoms with Gasteiger partial charge in [-0.2, -0.15) is 0 Å². The molecule has 0 aliphatic carbocycles. The SMILES string of the molecule is Cc1cccc(NS(=O)(=O)c2ccc(C)c(Br)c2)n1. The van der Waals surface area contributed by atoms with Gasteiger partial charge in [-0.3, -0.25) is 4.72 Å². The maximum Gasteiger partial charge on any atom is 0.263 e. The van der Waals surface area contributed by atoms with Gasteiger partial charge in [-0.1, -0.05) is 28.1 Å². The van der Waals surface area contributed by atoms with Gasteiger partial charge in [0.2, 0.25) is 0 Å². The van der Waals surface area contributed by atoms with E-state index in [1.807, 2.05) is 6.92 Å². The van der Waals surface area contributed by atoms with Crippen LogP contribution in [0.5, 0.6) is 0 Å². The summed E-state index contributed by atoms with van der Waals surface area (Å²) >= 11 is 3.33. The maximum absolute atomic E-state index is 12.2. The van der Waals surface area contributed by atoms with Crippen molar-refractivity contribution < 1.29 is 8.42 Å². The van der Waals surface area contributed by atoms with E-state index in [4.69, 9.17) is 0 Å². The minimum atomic E-state index is -3.61. The van der Waals surface area contributed by atoms with E-state index >= 15 is 0 Å². The van der Waals surface area contributed by atoms with E-state index in [1.165, 1.54) is 0 Å². The highest BCUT2D eigenvalue weighted by atomic mass is 79.9. The smallest absolute Gasteiger partial charge is 0.263 e. The summed E-state index contributed by atoms with van der Waals surface area (Å²) in [5, 5.41) is 0. The Balaban J connectivity index is 2.35. The van der Waals surface area contributed by atoms with Crippen LogP contribution in [-0.4, -0.2) is 13.4 Å².